The van der Waals surface area contributed by atoms with Gasteiger partial charge in [0, 0.05) is 25.4 Å². The molecule has 78 valence electrons. The van der Waals surface area contributed by atoms with Gasteiger partial charge >= 0.3 is 6.01 Å². The number of halogens is 1. The van der Waals surface area contributed by atoms with E-state index < -0.39 is 0 Å². The van der Waals surface area contributed by atoms with E-state index in [0.717, 1.165) is 0 Å². The van der Waals surface area contributed by atoms with Crippen molar-refractivity contribution >= 4 is 17.6 Å². The molecule has 1 fully saturated rings. The Morgan fingerprint density at radius 2 is 2.29 bits per heavy atom. The van der Waals surface area contributed by atoms with Crippen molar-refractivity contribution in [2.24, 2.45) is 0 Å². The molecule has 0 atom stereocenters. The van der Waals surface area contributed by atoms with Gasteiger partial charge in [-0.15, -0.1) is 16.7 Å². The summed E-state index contributed by atoms with van der Waals surface area (Å²) in [6.07, 6.45) is 4.40. The molecule has 2 rings (SSSR count). The van der Waals surface area contributed by atoms with E-state index in [1.165, 1.54) is 19.3 Å². The molecular weight excluding hydrogens is 202 g/mol. The van der Waals surface area contributed by atoms with Gasteiger partial charge in [-0.1, -0.05) is 5.10 Å². The van der Waals surface area contributed by atoms with E-state index >= 15 is 0 Å². The van der Waals surface area contributed by atoms with Crippen LogP contribution in [0, 0.1) is 0 Å². The summed E-state index contributed by atoms with van der Waals surface area (Å²) in [5.74, 6) is 1.15. The normalized spacial score (nSPS) is 16.7. The van der Waals surface area contributed by atoms with Crippen LogP contribution in [0.25, 0.3) is 0 Å². The quantitative estimate of drug-likeness (QED) is 0.719. The second-order valence-electron chi connectivity index (χ2n) is 3.61. The van der Waals surface area contributed by atoms with Crippen LogP contribution in [0.1, 0.15) is 25.2 Å². The molecule has 0 aliphatic heterocycles. The molecule has 14 heavy (non-hydrogen) atoms. The standard InChI is InChI=1S/C9H14ClN3O/c1-13(7-3-2-4-7)9-12-11-8(14-9)5-6-10/h7H,2-6H2,1H3. The highest BCUT2D eigenvalue weighted by atomic mass is 35.5. The van der Waals surface area contributed by atoms with E-state index in [2.05, 4.69) is 15.1 Å². The van der Waals surface area contributed by atoms with Crippen LogP contribution in [0.4, 0.5) is 6.01 Å². The van der Waals surface area contributed by atoms with Gasteiger partial charge in [0.1, 0.15) is 0 Å². The zero-order chi connectivity index (χ0) is 9.97. The van der Waals surface area contributed by atoms with Crippen LogP contribution in [-0.4, -0.2) is 29.2 Å². The summed E-state index contributed by atoms with van der Waals surface area (Å²) in [4.78, 5) is 2.06. The van der Waals surface area contributed by atoms with E-state index in [1.54, 1.807) is 0 Å². The summed E-state index contributed by atoms with van der Waals surface area (Å²) in [5.41, 5.74) is 0. The van der Waals surface area contributed by atoms with Gasteiger partial charge in [-0.05, 0) is 19.3 Å². The van der Waals surface area contributed by atoms with Crippen molar-refractivity contribution in [3.05, 3.63) is 5.89 Å². The van der Waals surface area contributed by atoms with E-state index in [1.807, 2.05) is 7.05 Å². The van der Waals surface area contributed by atoms with Crippen molar-refractivity contribution in [2.45, 2.75) is 31.7 Å². The summed E-state index contributed by atoms with van der Waals surface area (Å²) in [6, 6.07) is 1.20. The van der Waals surface area contributed by atoms with E-state index in [9.17, 15) is 0 Å². The maximum atomic E-state index is 5.58. The fourth-order valence-electron chi connectivity index (χ4n) is 1.50. The Morgan fingerprint density at radius 3 is 2.86 bits per heavy atom. The molecule has 0 bridgehead atoms. The summed E-state index contributed by atoms with van der Waals surface area (Å²) in [7, 11) is 2.00. The van der Waals surface area contributed by atoms with Crippen molar-refractivity contribution in [1.29, 1.82) is 0 Å². The van der Waals surface area contributed by atoms with Gasteiger partial charge in [0.25, 0.3) is 0 Å². The first-order chi connectivity index (χ1) is 6.81. The molecule has 0 unspecified atom stereocenters. The molecule has 0 N–H and O–H groups in total. The number of nitrogens with zero attached hydrogens (tertiary/aromatic N) is 3. The van der Waals surface area contributed by atoms with Gasteiger partial charge in [-0.2, -0.15) is 0 Å². The molecule has 0 spiro atoms. The third-order valence-corrected chi connectivity index (χ3v) is 2.88. The summed E-state index contributed by atoms with van der Waals surface area (Å²) < 4.78 is 5.46. The van der Waals surface area contributed by atoms with Gasteiger partial charge in [-0.3, -0.25) is 0 Å². The second-order valence-corrected chi connectivity index (χ2v) is 3.99. The minimum atomic E-state index is 0.523. The molecule has 0 amide bonds. The van der Waals surface area contributed by atoms with Crippen LogP contribution in [0.3, 0.4) is 0 Å². The van der Waals surface area contributed by atoms with Crippen molar-refractivity contribution in [1.82, 2.24) is 10.2 Å². The lowest BCUT2D eigenvalue weighted by molar-refractivity contribution is 0.374. The highest BCUT2D eigenvalue weighted by molar-refractivity contribution is 6.17. The lowest BCUT2D eigenvalue weighted by Crippen LogP contribution is -2.37. The summed E-state index contributed by atoms with van der Waals surface area (Å²) in [5, 5.41) is 7.91. The predicted molar refractivity (Wildman–Crippen MR) is 54.8 cm³/mol. The molecule has 1 aliphatic carbocycles. The highest BCUT2D eigenvalue weighted by Crippen LogP contribution is 2.27. The molecule has 1 heterocycles. The van der Waals surface area contributed by atoms with Crippen molar-refractivity contribution in [3.8, 4) is 0 Å². The molecule has 1 aromatic rings. The fraction of sp³-hybridized carbons (Fsp3) is 0.778. The van der Waals surface area contributed by atoms with Crippen molar-refractivity contribution in [2.75, 3.05) is 17.8 Å². The van der Waals surface area contributed by atoms with Crippen LogP contribution >= 0.6 is 11.6 Å². The van der Waals surface area contributed by atoms with Gasteiger partial charge in [0.05, 0.1) is 0 Å². The number of aromatic nitrogens is 2. The van der Waals surface area contributed by atoms with Crippen LogP contribution in [0.5, 0.6) is 0 Å². The molecular formula is C9H14ClN3O. The first-order valence-electron chi connectivity index (χ1n) is 4.92. The minimum Gasteiger partial charge on any atom is -0.408 e. The first-order valence-corrected chi connectivity index (χ1v) is 5.46. The zero-order valence-corrected chi connectivity index (χ0v) is 9.00. The van der Waals surface area contributed by atoms with Gasteiger partial charge in [0.2, 0.25) is 5.89 Å². The van der Waals surface area contributed by atoms with Crippen molar-refractivity contribution in [3.63, 3.8) is 0 Å². The first kappa shape index (κ1) is 9.77. The Labute approximate surface area is 88.2 Å². The lowest BCUT2D eigenvalue weighted by atomic mass is 9.92. The largest absolute Gasteiger partial charge is 0.408 e. The highest BCUT2D eigenvalue weighted by Gasteiger charge is 2.25. The van der Waals surface area contributed by atoms with Gasteiger partial charge in [-0.25, -0.2) is 0 Å². The maximum Gasteiger partial charge on any atom is 0.318 e. The second kappa shape index (κ2) is 4.17. The zero-order valence-electron chi connectivity index (χ0n) is 8.24. The summed E-state index contributed by atoms with van der Waals surface area (Å²) >= 11 is 5.58. The van der Waals surface area contributed by atoms with Crippen LogP contribution in [0.15, 0.2) is 4.42 Å². The molecule has 0 saturated heterocycles. The number of rotatable bonds is 4. The number of hydrogen-bond acceptors (Lipinski definition) is 4. The lowest BCUT2D eigenvalue weighted by Gasteiger charge is -2.33. The average Bonchev–Trinajstić information content (AvgIpc) is 2.50. The van der Waals surface area contributed by atoms with E-state index in [-0.39, 0.29) is 0 Å². The molecule has 1 aliphatic rings. The average molecular weight is 216 g/mol. The van der Waals surface area contributed by atoms with E-state index in [0.29, 0.717) is 30.2 Å². The third kappa shape index (κ3) is 1.85. The Kier molecular flexibility index (Phi) is 2.91. The van der Waals surface area contributed by atoms with Crippen molar-refractivity contribution < 1.29 is 4.42 Å². The van der Waals surface area contributed by atoms with Crippen LogP contribution in [-0.2, 0) is 6.42 Å². The molecule has 4 nitrogen and oxygen atoms in total. The Hall–Kier alpha value is -0.770. The number of anilines is 1. The van der Waals surface area contributed by atoms with Gasteiger partial charge in [0.15, 0.2) is 0 Å². The molecule has 0 aromatic carbocycles. The predicted octanol–water partition coefficient (Wildman–Crippen LogP) is 1.84. The number of aryl methyl sites for hydroxylation is 1. The third-order valence-electron chi connectivity index (χ3n) is 2.69. The Bertz CT molecular complexity index is 298. The SMILES string of the molecule is CN(c1nnc(CCCl)o1)C1CCC1. The molecule has 5 heteroatoms. The van der Waals surface area contributed by atoms with E-state index in [4.69, 9.17) is 16.0 Å². The Balaban J connectivity index is 2.00. The monoisotopic (exact) mass is 215 g/mol. The fourth-order valence-corrected chi connectivity index (χ4v) is 1.66. The van der Waals surface area contributed by atoms with Gasteiger partial charge < -0.3 is 9.32 Å². The van der Waals surface area contributed by atoms with Crippen LogP contribution < -0.4 is 4.90 Å². The maximum absolute atomic E-state index is 5.58. The van der Waals surface area contributed by atoms with Crippen LogP contribution in [0.2, 0.25) is 0 Å². The number of alkyl halides is 1. The minimum absolute atomic E-state index is 0.523. The topological polar surface area (TPSA) is 42.2 Å². The summed E-state index contributed by atoms with van der Waals surface area (Å²) in [6.45, 7) is 0. The Morgan fingerprint density at radius 1 is 1.50 bits per heavy atom. The number of hydrogen-bond donors (Lipinski definition) is 0. The molecule has 1 saturated carbocycles. The smallest absolute Gasteiger partial charge is 0.318 e. The molecule has 0 radical (unpaired) electrons. The molecule has 1 aromatic heterocycles.